The van der Waals surface area contributed by atoms with Crippen LogP contribution < -0.4 is 9.64 Å². The van der Waals surface area contributed by atoms with E-state index < -0.39 is 45.9 Å². The average Bonchev–Trinajstić information content (AvgIpc) is 3.87. The molecule has 5 aliphatic heterocycles. The van der Waals surface area contributed by atoms with Crippen LogP contribution in [0.25, 0.3) is 10.9 Å². The highest BCUT2D eigenvalue weighted by Crippen LogP contribution is 2.68. The van der Waals surface area contributed by atoms with Gasteiger partial charge < -0.3 is 38.8 Å². The Kier molecular flexibility index (Phi) is 8.92. The largest absolute Gasteiger partial charge is 0.496 e. The molecule has 6 aliphatic rings. The van der Waals surface area contributed by atoms with Crippen molar-refractivity contribution in [2.24, 2.45) is 17.3 Å². The minimum absolute atomic E-state index is 0.179. The van der Waals surface area contributed by atoms with E-state index in [0.717, 1.165) is 65.9 Å². The lowest BCUT2D eigenvalue weighted by molar-refractivity contribution is -0.228. The zero-order chi connectivity index (χ0) is 40.2. The minimum atomic E-state index is -2.27. The van der Waals surface area contributed by atoms with Crippen molar-refractivity contribution in [1.29, 1.82) is 0 Å². The number of anilines is 1. The van der Waals surface area contributed by atoms with Gasteiger partial charge in [-0.05, 0) is 73.7 Å². The number of para-hydroxylation sites is 1. The van der Waals surface area contributed by atoms with Crippen LogP contribution in [0.15, 0.2) is 48.6 Å². The van der Waals surface area contributed by atoms with Gasteiger partial charge in [0.05, 0.1) is 27.4 Å². The first-order chi connectivity index (χ1) is 27.3. The Labute approximate surface area is 334 Å². The highest BCUT2D eigenvalue weighted by molar-refractivity contribution is 5.95. The predicted octanol–water partition coefficient (Wildman–Crippen LogP) is 4.49. The quantitative estimate of drug-likeness (QED) is 0.209. The third-order valence-corrected chi connectivity index (χ3v) is 15.1. The summed E-state index contributed by atoms with van der Waals surface area (Å²) in [5.41, 5.74) is -0.0737. The lowest BCUT2D eigenvalue weighted by atomic mass is 9.47. The second-order valence-electron chi connectivity index (χ2n) is 17.8. The Bertz CT molecular complexity index is 2180. The number of rotatable bonds is 6. The van der Waals surface area contributed by atoms with Crippen molar-refractivity contribution < 1.29 is 38.4 Å². The number of nitrogens with zero attached hydrogens (tertiary/aromatic N) is 3. The molecule has 9 rings (SSSR count). The fourth-order valence-electron chi connectivity index (χ4n) is 13.4. The smallest absolute Gasteiger partial charge is 0.344 e. The van der Waals surface area contributed by atoms with Gasteiger partial charge in [0.1, 0.15) is 11.2 Å². The standard InChI is InChI=1S/C45H56N4O8/c1-8-42-15-11-17-49-19-16-43(37(42)49)31-21-32(35(54-5)22-34(31)47(4)38(43)45(53,41(52)56-7)39(42)57-27(3)50)44(40(51)55-6)23-28-20-26(2)24-48(25-28)18-14-30-29-12-9-10-13-33(29)46-36(30)44/h9-13,15,21-22,26,28,37-39,46,53H,8,14,16-20,23-25H2,1-7H3/t26-,28+,37+,38-,39-,42-,43-,44-,45+/m1/s1. The first-order valence-corrected chi connectivity index (χ1v) is 20.6. The number of methoxy groups -OCH3 is 3. The van der Waals surface area contributed by atoms with Crippen molar-refractivity contribution >= 4 is 34.5 Å². The zero-order valence-electron chi connectivity index (χ0n) is 34.2. The highest BCUT2D eigenvalue weighted by atomic mass is 16.6. The molecule has 2 bridgehead atoms. The maximum Gasteiger partial charge on any atom is 0.344 e. The van der Waals surface area contributed by atoms with Gasteiger partial charge in [-0.1, -0.05) is 44.2 Å². The van der Waals surface area contributed by atoms with Crippen LogP contribution in [0.1, 0.15) is 68.8 Å². The third-order valence-electron chi connectivity index (χ3n) is 15.1. The highest BCUT2D eigenvalue weighted by Gasteiger charge is 2.80. The van der Waals surface area contributed by atoms with Gasteiger partial charge in [0.2, 0.25) is 5.60 Å². The first-order valence-electron chi connectivity index (χ1n) is 20.6. The summed E-state index contributed by atoms with van der Waals surface area (Å²) in [7, 11) is 6.27. The number of fused-ring (bicyclic) bond motifs is 6. The monoisotopic (exact) mass is 780 g/mol. The van der Waals surface area contributed by atoms with E-state index in [9.17, 15) is 14.7 Å². The number of piperidine rings is 1. The molecule has 3 aromatic rings. The minimum Gasteiger partial charge on any atom is -0.496 e. The number of benzene rings is 2. The van der Waals surface area contributed by atoms with Gasteiger partial charge in [0.15, 0.2) is 6.10 Å². The van der Waals surface area contributed by atoms with Crippen LogP contribution in [0.4, 0.5) is 5.69 Å². The van der Waals surface area contributed by atoms with Gasteiger partial charge in [-0.2, -0.15) is 0 Å². The lowest BCUT2D eigenvalue weighted by Gasteiger charge is -2.63. The predicted molar refractivity (Wildman–Crippen MR) is 214 cm³/mol. The Balaban J connectivity index is 1.37. The summed E-state index contributed by atoms with van der Waals surface area (Å²) in [6.45, 7) is 9.78. The Morgan fingerprint density at radius 1 is 1.00 bits per heavy atom. The van der Waals surface area contributed by atoms with Crippen LogP contribution in [-0.4, -0.2) is 123 Å². The molecule has 2 saturated heterocycles. The van der Waals surface area contributed by atoms with Crippen molar-refractivity contribution in [2.75, 3.05) is 66.0 Å². The topological polar surface area (TPSA) is 134 Å². The van der Waals surface area contributed by atoms with E-state index in [2.05, 4.69) is 52.1 Å². The number of aromatic nitrogens is 1. The summed E-state index contributed by atoms with van der Waals surface area (Å²) < 4.78 is 24.0. The Morgan fingerprint density at radius 3 is 2.49 bits per heavy atom. The van der Waals surface area contributed by atoms with Crippen LogP contribution in [0.3, 0.4) is 0 Å². The van der Waals surface area contributed by atoms with Crippen LogP contribution in [0.5, 0.6) is 5.75 Å². The van der Waals surface area contributed by atoms with Gasteiger partial charge in [0, 0.05) is 90.9 Å². The van der Waals surface area contributed by atoms with E-state index in [0.29, 0.717) is 49.6 Å². The lowest BCUT2D eigenvalue weighted by Crippen LogP contribution is -2.81. The maximum atomic E-state index is 15.2. The Morgan fingerprint density at radius 2 is 1.77 bits per heavy atom. The summed E-state index contributed by atoms with van der Waals surface area (Å²) in [6, 6.07) is 11.3. The number of carbonyl (C=O) groups excluding carboxylic acids is 3. The summed E-state index contributed by atoms with van der Waals surface area (Å²) in [5, 5.41) is 14.4. The average molecular weight is 781 g/mol. The molecular formula is C45H56N4O8. The van der Waals surface area contributed by atoms with E-state index in [1.54, 1.807) is 7.11 Å². The molecular weight excluding hydrogens is 725 g/mol. The van der Waals surface area contributed by atoms with E-state index >= 15 is 4.79 Å². The van der Waals surface area contributed by atoms with Crippen molar-refractivity contribution in [1.82, 2.24) is 14.8 Å². The molecule has 1 spiro atoms. The third kappa shape index (κ3) is 4.92. The molecule has 3 fully saturated rings. The maximum absolute atomic E-state index is 15.2. The van der Waals surface area contributed by atoms with Gasteiger partial charge in [-0.3, -0.25) is 14.5 Å². The number of esters is 3. The van der Waals surface area contributed by atoms with Gasteiger partial charge in [0.25, 0.3) is 0 Å². The number of ether oxygens (including phenoxy) is 4. The number of carbonyl (C=O) groups is 3. The van der Waals surface area contributed by atoms with E-state index in [1.807, 2.05) is 37.1 Å². The molecule has 1 aliphatic carbocycles. The van der Waals surface area contributed by atoms with Gasteiger partial charge in [-0.25, -0.2) is 4.79 Å². The first kappa shape index (κ1) is 38.1. The molecule has 2 N–H and O–H groups in total. The van der Waals surface area contributed by atoms with E-state index in [4.69, 9.17) is 18.9 Å². The summed E-state index contributed by atoms with van der Waals surface area (Å²) in [4.78, 5) is 53.3. The summed E-state index contributed by atoms with van der Waals surface area (Å²) in [5.74, 6) is -0.644. The zero-order valence-corrected chi connectivity index (χ0v) is 34.2. The molecule has 0 amide bonds. The van der Waals surface area contributed by atoms with Crippen LogP contribution in [0.2, 0.25) is 0 Å². The fraction of sp³-hybridized carbons (Fsp3) is 0.578. The van der Waals surface area contributed by atoms with E-state index in [1.165, 1.54) is 21.1 Å². The fourth-order valence-corrected chi connectivity index (χ4v) is 13.4. The number of likely N-dealkylation sites (N-methyl/N-ethyl adjacent to an activating group) is 1. The number of hydrogen-bond acceptors (Lipinski definition) is 11. The molecule has 304 valence electrons. The van der Waals surface area contributed by atoms with Gasteiger partial charge >= 0.3 is 17.9 Å². The molecule has 1 aromatic heterocycles. The SMILES string of the molecule is CC[C@]12C=CCN3CC[C@@]4(c5cc([C@]6(C(=O)OC)C[C@@H]7C[C@@H](C)CN(CCc8c6[nH]c6ccccc86)C7)c(OC)cc5N(C)[C@H]4[C@@](O)(C(=O)OC)[C@@H]1OC(C)=O)[C@@H]32. The van der Waals surface area contributed by atoms with Crippen molar-refractivity contribution in [3.63, 3.8) is 0 Å². The molecule has 0 radical (unpaired) electrons. The summed E-state index contributed by atoms with van der Waals surface area (Å²) >= 11 is 0. The van der Waals surface area contributed by atoms with Crippen molar-refractivity contribution in [3.05, 3.63) is 70.9 Å². The normalized spacial score (nSPS) is 36.5. The molecule has 1 unspecified atom stereocenters. The van der Waals surface area contributed by atoms with Crippen LogP contribution in [0, 0.1) is 17.3 Å². The molecule has 1 saturated carbocycles. The van der Waals surface area contributed by atoms with Gasteiger partial charge in [-0.15, -0.1) is 0 Å². The molecule has 10 atom stereocenters. The molecule has 12 heteroatoms. The van der Waals surface area contributed by atoms with Crippen LogP contribution in [-0.2, 0) is 45.8 Å². The number of hydrogen-bond donors (Lipinski definition) is 2. The molecule has 6 heterocycles. The molecule has 2 aromatic carbocycles. The Hall–Kier alpha value is -4.39. The van der Waals surface area contributed by atoms with E-state index in [-0.39, 0.29) is 17.9 Å². The molecule has 12 nitrogen and oxygen atoms in total. The second-order valence-corrected chi connectivity index (χ2v) is 17.8. The number of H-pyrrole nitrogens is 1. The second kappa shape index (κ2) is 13.3. The number of aliphatic hydroxyl groups is 1. The number of nitrogens with one attached hydrogen (secondary N) is 1. The summed E-state index contributed by atoms with van der Waals surface area (Å²) in [6.07, 6.45) is 6.23. The van der Waals surface area contributed by atoms with Crippen LogP contribution >= 0.6 is 0 Å². The molecule has 57 heavy (non-hydrogen) atoms. The van der Waals surface area contributed by atoms with Crippen molar-refractivity contribution in [3.8, 4) is 5.75 Å². The van der Waals surface area contributed by atoms with Crippen molar-refractivity contribution in [2.45, 2.75) is 87.5 Å². The number of aromatic amines is 1.